The summed E-state index contributed by atoms with van der Waals surface area (Å²) < 4.78 is 0. The van der Waals surface area contributed by atoms with Gasteiger partial charge in [0.2, 0.25) is 0 Å². The van der Waals surface area contributed by atoms with Crippen LogP contribution in [0.3, 0.4) is 0 Å². The Hall–Kier alpha value is -2.83. The lowest BCUT2D eigenvalue weighted by Crippen LogP contribution is -2.35. The number of thiophene rings is 1. The highest BCUT2D eigenvalue weighted by atomic mass is 32.2. The lowest BCUT2D eigenvalue weighted by molar-refractivity contribution is -0.117. The predicted molar refractivity (Wildman–Crippen MR) is 116 cm³/mol. The van der Waals surface area contributed by atoms with Crippen LogP contribution in [0.5, 0.6) is 0 Å². The number of carbonyl (C=O) groups is 2. The summed E-state index contributed by atoms with van der Waals surface area (Å²) >= 11 is 3.18. The maximum atomic E-state index is 12.6. The average Bonchev–Trinajstić information content (AvgIpc) is 3.25. The molecule has 142 valence electrons. The van der Waals surface area contributed by atoms with Crippen molar-refractivity contribution in [2.75, 3.05) is 12.3 Å². The minimum absolute atomic E-state index is 0.237. The van der Waals surface area contributed by atoms with Crippen LogP contribution in [0.4, 0.5) is 0 Å². The molecule has 1 aromatic heterocycles. The first-order valence-corrected chi connectivity index (χ1v) is 10.7. The number of amides is 2. The van der Waals surface area contributed by atoms with Crippen molar-refractivity contribution in [3.63, 3.8) is 0 Å². The smallest absolute Gasteiger partial charge is 0.267 e. The highest BCUT2D eigenvalue weighted by molar-refractivity contribution is 7.99. The highest BCUT2D eigenvalue weighted by Crippen LogP contribution is 2.16. The van der Waals surface area contributed by atoms with Gasteiger partial charge in [0.05, 0.1) is 0 Å². The number of benzene rings is 2. The van der Waals surface area contributed by atoms with Gasteiger partial charge >= 0.3 is 0 Å². The number of nitrogens with one attached hydrogen (secondary N) is 2. The van der Waals surface area contributed by atoms with Gasteiger partial charge in [0.25, 0.3) is 11.8 Å². The fraction of sp³-hybridized carbons (Fsp3) is 0.0909. The van der Waals surface area contributed by atoms with Gasteiger partial charge < -0.3 is 10.6 Å². The number of carbonyl (C=O) groups excluding carboxylic acids is 2. The zero-order chi connectivity index (χ0) is 19.6. The fourth-order valence-electron chi connectivity index (χ4n) is 2.40. The molecule has 0 saturated heterocycles. The van der Waals surface area contributed by atoms with Crippen LogP contribution in [0.15, 0.2) is 88.8 Å². The van der Waals surface area contributed by atoms with E-state index in [9.17, 15) is 9.59 Å². The van der Waals surface area contributed by atoms with E-state index in [4.69, 9.17) is 0 Å². The van der Waals surface area contributed by atoms with Gasteiger partial charge in [0.15, 0.2) is 0 Å². The second-order valence-corrected chi connectivity index (χ2v) is 7.96. The number of thioether (sulfide) groups is 1. The molecule has 0 saturated carbocycles. The molecule has 2 aromatic carbocycles. The van der Waals surface area contributed by atoms with Gasteiger partial charge in [-0.2, -0.15) is 0 Å². The Morgan fingerprint density at radius 2 is 1.64 bits per heavy atom. The van der Waals surface area contributed by atoms with Crippen molar-refractivity contribution >= 4 is 41.0 Å². The minimum Gasteiger partial charge on any atom is -0.350 e. The molecule has 0 bridgehead atoms. The summed E-state index contributed by atoms with van der Waals surface area (Å²) in [6, 6.07) is 22.7. The Kier molecular flexibility index (Phi) is 7.46. The summed E-state index contributed by atoms with van der Waals surface area (Å²) in [6.07, 6.45) is 1.70. The summed E-state index contributed by atoms with van der Waals surface area (Å²) in [5, 5.41) is 7.55. The van der Waals surface area contributed by atoms with Crippen LogP contribution in [0.1, 0.15) is 15.2 Å². The monoisotopic (exact) mass is 408 g/mol. The zero-order valence-electron chi connectivity index (χ0n) is 15.1. The van der Waals surface area contributed by atoms with Gasteiger partial charge in [-0.05, 0) is 41.8 Å². The molecule has 0 spiro atoms. The highest BCUT2D eigenvalue weighted by Gasteiger charge is 2.14. The Morgan fingerprint density at radius 3 is 2.32 bits per heavy atom. The molecule has 0 aliphatic carbocycles. The Bertz CT molecular complexity index is 924. The SMILES string of the molecule is O=C(NCCSc1ccccc1)/C(=C/c1cccs1)NC(=O)c1ccccc1. The number of rotatable bonds is 8. The van der Waals surface area contributed by atoms with Gasteiger partial charge in [-0.15, -0.1) is 23.1 Å². The normalized spacial score (nSPS) is 11.1. The lowest BCUT2D eigenvalue weighted by Gasteiger charge is -2.11. The van der Waals surface area contributed by atoms with Crippen LogP contribution in [-0.4, -0.2) is 24.1 Å². The van der Waals surface area contributed by atoms with Crippen LogP contribution in [-0.2, 0) is 4.79 Å². The van der Waals surface area contributed by atoms with E-state index in [0.29, 0.717) is 12.1 Å². The lowest BCUT2D eigenvalue weighted by atomic mass is 10.2. The summed E-state index contributed by atoms with van der Waals surface area (Å²) in [5.41, 5.74) is 0.744. The molecular weight excluding hydrogens is 388 g/mol. The topological polar surface area (TPSA) is 58.2 Å². The first-order valence-electron chi connectivity index (χ1n) is 8.80. The van der Waals surface area contributed by atoms with Crippen LogP contribution in [0.25, 0.3) is 6.08 Å². The number of hydrogen-bond donors (Lipinski definition) is 2. The third kappa shape index (κ3) is 6.11. The van der Waals surface area contributed by atoms with Gasteiger partial charge in [-0.3, -0.25) is 9.59 Å². The number of hydrogen-bond acceptors (Lipinski definition) is 4. The standard InChI is InChI=1S/C22H20N2O2S2/c25-21(17-8-3-1-4-9-17)24-20(16-19-12-7-14-27-19)22(26)23-13-15-28-18-10-5-2-6-11-18/h1-12,14,16H,13,15H2,(H,23,26)(H,24,25)/b20-16-. The quantitative estimate of drug-likeness (QED) is 0.329. The maximum absolute atomic E-state index is 12.6. The largest absolute Gasteiger partial charge is 0.350 e. The molecule has 3 rings (SSSR count). The molecule has 3 aromatic rings. The van der Waals surface area contributed by atoms with Crippen molar-refractivity contribution in [1.29, 1.82) is 0 Å². The molecule has 0 fully saturated rings. The van der Waals surface area contributed by atoms with Crippen molar-refractivity contribution in [2.24, 2.45) is 0 Å². The van der Waals surface area contributed by atoms with Crippen molar-refractivity contribution in [1.82, 2.24) is 10.6 Å². The molecule has 1 heterocycles. The molecule has 4 nitrogen and oxygen atoms in total. The maximum Gasteiger partial charge on any atom is 0.267 e. The van der Waals surface area contributed by atoms with Crippen molar-refractivity contribution in [2.45, 2.75) is 4.90 Å². The molecule has 2 amide bonds. The molecule has 2 N–H and O–H groups in total. The van der Waals surface area contributed by atoms with Crippen LogP contribution >= 0.6 is 23.1 Å². The van der Waals surface area contributed by atoms with Gasteiger partial charge in [-0.1, -0.05) is 42.5 Å². The summed E-state index contributed by atoms with van der Waals surface area (Å²) in [4.78, 5) is 27.2. The molecular formula is C22H20N2O2S2. The van der Waals surface area contributed by atoms with E-state index in [1.54, 1.807) is 42.1 Å². The molecule has 0 atom stereocenters. The van der Waals surface area contributed by atoms with Crippen molar-refractivity contribution in [3.8, 4) is 0 Å². The van der Waals surface area contributed by atoms with E-state index >= 15 is 0 Å². The van der Waals surface area contributed by atoms with Gasteiger partial charge in [0, 0.05) is 27.6 Å². The van der Waals surface area contributed by atoms with Crippen molar-refractivity contribution < 1.29 is 9.59 Å². The van der Waals surface area contributed by atoms with Crippen molar-refractivity contribution in [3.05, 3.63) is 94.3 Å². The fourth-order valence-corrected chi connectivity index (χ4v) is 3.85. The Labute approximate surface area is 172 Å². The second kappa shape index (κ2) is 10.5. The summed E-state index contributed by atoms with van der Waals surface area (Å²) in [7, 11) is 0. The van der Waals surface area contributed by atoms with Crippen LogP contribution in [0.2, 0.25) is 0 Å². The Balaban J connectivity index is 1.61. The third-order valence-corrected chi connectivity index (χ3v) is 5.59. The predicted octanol–water partition coefficient (Wildman–Crippen LogP) is 4.43. The van der Waals surface area contributed by atoms with Crippen LogP contribution in [0, 0.1) is 0 Å². The van der Waals surface area contributed by atoms with Crippen LogP contribution < -0.4 is 10.6 Å². The molecule has 0 unspecified atom stereocenters. The second-order valence-electron chi connectivity index (χ2n) is 5.81. The first kappa shape index (κ1) is 19.9. The molecule has 0 aliphatic heterocycles. The third-order valence-electron chi connectivity index (χ3n) is 3.76. The van der Waals surface area contributed by atoms with E-state index in [-0.39, 0.29) is 17.5 Å². The van der Waals surface area contributed by atoms with Gasteiger partial charge in [0.1, 0.15) is 5.70 Å². The van der Waals surface area contributed by atoms with E-state index in [0.717, 1.165) is 15.5 Å². The summed E-state index contributed by atoms with van der Waals surface area (Å²) in [6.45, 7) is 0.501. The molecule has 28 heavy (non-hydrogen) atoms. The molecule has 6 heteroatoms. The van der Waals surface area contributed by atoms with E-state index in [1.807, 2.05) is 53.9 Å². The zero-order valence-corrected chi connectivity index (χ0v) is 16.8. The van der Waals surface area contributed by atoms with E-state index in [2.05, 4.69) is 10.6 Å². The van der Waals surface area contributed by atoms with Gasteiger partial charge in [-0.25, -0.2) is 0 Å². The first-order chi connectivity index (χ1) is 13.7. The molecule has 0 radical (unpaired) electrons. The summed E-state index contributed by atoms with van der Waals surface area (Å²) in [5.74, 6) is 0.137. The Morgan fingerprint density at radius 1 is 0.929 bits per heavy atom. The molecule has 0 aliphatic rings. The van der Waals surface area contributed by atoms with E-state index in [1.165, 1.54) is 11.3 Å². The average molecular weight is 409 g/mol. The minimum atomic E-state index is -0.308. The van der Waals surface area contributed by atoms with E-state index < -0.39 is 0 Å².